The van der Waals surface area contributed by atoms with E-state index in [1.807, 2.05) is 12.1 Å². The van der Waals surface area contributed by atoms with Crippen LogP contribution in [0.25, 0.3) is 0 Å². The van der Waals surface area contributed by atoms with Gasteiger partial charge < -0.3 is 20.7 Å². The molecule has 0 aliphatic carbocycles. The van der Waals surface area contributed by atoms with Gasteiger partial charge in [-0.15, -0.1) is 0 Å². The number of carbonyl (C=O) groups is 2. The van der Waals surface area contributed by atoms with Crippen molar-refractivity contribution in [1.29, 1.82) is 0 Å². The average Bonchev–Trinajstić information content (AvgIpc) is 2.60. The summed E-state index contributed by atoms with van der Waals surface area (Å²) in [5.74, 6) is 0.359. The van der Waals surface area contributed by atoms with Crippen LogP contribution < -0.4 is 20.7 Å². The number of hydrogen-bond donors (Lipinski definition) is 3. The van der Waals surface area contributed by atoms with Gasteiger partial charge in [0.15, 0.2) is 6.61 Å². The molecular weight excluding hydrogens is 306 g/mol. The highest BCUT2D eigenvalue weighted by molar-refractivity contribution is 5.96. The first-order valence-corrected chi connectivity index (χ1v) is 7.83. The molecule has 1 aliphatic rings. The van der Waals surface area contributed by atoms with Crippen LogP contribution in [-0.4, -0.2) is 18.5 Å². The molecule has 3 N–H and O–H groups in total. The number of benzene rings is 2. The fraction of sp³-hybridized carbons (Fsp3) is 0.222. The van der Waals surface area contributed by atoms with Gasteiger partial charge >= 0.3 is 6.03 Å². The number of rotatable bonds is 4. The molecule has 0 spiro atoms. The molecule has 0 unspecified atom stereocenters. The van der Waals surface area contributed by atoms with E-state index in [4.69, 9.17) is 4.74 Å². The maximum absolute atomic E-state index is 12.0. The molecule has 0 saturated carbocycles. The summed E-state index contributed by atoms with van der Waals surface area (Å²) in [5, 5.41) is 8.27. The van der Waals surface area contributed by atoms with Gasteiger partial charge in [-0.2, -0.15) is 0 Å². The van der Waals surface area contributed by atoms with Gasteiger partial charge in [-0.25, -0.2) is 4.79 Å². The molecule has 0 radical (unpaired) electrons. The van der Waals surface area contributed by atoms with Gasteiger partial charge in [-0.1, -0.05) is 31.2 Å². The van der Waals surface area contributed by atoms with Crippen molar-refractivity contribution in [1.82, 2.24) is 5.32 Å². The van der Waals surface area contributed by atoms with Crippen molar-refractivity contribution >= 4 is 23.3 Å². The Morgan fingerprint density at radius 2 is 1.92 bits per heavy atom. The molecular formula is C18H19N3O3. The van der Waals surface area contributed by atoms with Crippen LogP contribution in [0.15, 0.2) is 42.5 Å². The summed E-state index contributed by atoms with van der Waals surface area (Å²) in [7, 11) is 0. The summed E-state index contributed by atoms with van der Waals surface area (Å²) >= 11 is 0. The lowest BCUT2D eigenvalue weighted by molar-refractivity contribution is -0.118. The van der Waals surface area contributed by atoms with E-state index in [-0.39, 0.29) is 18.5 Å². The van der Waals surface area contributed by atoms with Crippen molar-refractivity contribution in [3.63, 3.8) is 0 Å². The molecule has 2 aromatic carbocycles. The van der Waals surface area contributed by atoms with E-state index >= 15 is 0 Å². The Morgan fingerprint density at radius 1 is 1.17 bits per heavy atom. The standard InChI is InChI=1S/C18H19N3O3/c1-2-12-3-5-13(6-4-12)10-19-18(23)20-14-7-8-15-16(9-14)24-11-17(22)21-15/h3-9H,2,10-11H2,1H3,(H,21,22)(H2,19,20,23). The minimum Gasteiger partial charge on any atom is -0.482 e. The van der Waals surface area contributed by atoms with E-state index in [1.54, 1.807) is 18.2 Å². The largest absolute Gasteiger partial charge is 0.482 e. The lowest BCUT2D eigenvalue weighted by atomic mass is 10.1. The second-order valence-corrected chi connectivity index (χ2v) is 5.53. The van der Waals surface area contributed by atoms with Crippen LogP contribution >= 0.6 is 0 Å². The summed E-state index contributed by atoms with van der Waals surface area (Å²) < 4.78 is 5.33. The van der Waals surface area contributed by atoms with Crippen LogP contribution in [0.4, 0.5) is 16.2 Å². The Bertz CT molecular complexity index is 757. The van der Waals surface area contributed by atoms with E-state index in [9.17, 15) is 9.59 Å². The Balaban J connectivity index is 1.55. The summed E-state index contributed by atoms with van der Waals surface area (Å²) in [6.45, 7) is 2.54. The van der Waals surface area contributed by atoms with Crippen molar-refractivity contribution in [2.75, 3.05) is 17.2 Å². The molecule has 0 fully saturated rings. The normalized spacial score (nSPS) is 12.6. The minimum absolute atomic E-state index is 0.0175. The molecule has 6 heteroatoms. The molecule has 1 aliphatic heterocycles. The number of urea groups is 1. The summed E-state index contributed by atoms with van der Waals surface area (Å²) in [5.41, 5.74) is 3.51. The third kappa shape index (κ3) is 3.84. The zero-order valence-electron chi connectivity index (χ0n) is 13.4. The predicted octanol–water partition coefficient (Wildman–Crippen LogP) is 2.90. The van der Waals surface area contributed by atoms with Crippen LogP contribution in [0.3, 0.4) is 0 Å². The lowest BCUT2D eigenvalue weighted by Gasteiger charge is -2.18. The summed E-state index contributed by atoms with van der Waals surface area (Å²) in [4.78, 5) is 23.2. The van der Waals surface area contributed by atoms with Gasteiger partial charge in [-0.05, 0) is 29.7 Å². The first-order valence-electron chi connectivity index (χ1n) is 7.83. The van der Waals surface area contributed by atoms with E-state index in [2.05, 4.69) is 35.0 Å². The number of fused-ring (bicyclic) bond motifs is 1. The Morgan fingerprint density at radius 3 is 2.67 bits per heavy atom. The molecule has 6 nitrogen and oxygen atoms in total. The SMILES string of the molecule is CCc1ccc(CNC(=O)Nc2ccc3c(c2)OCC(=O)N3)cc1. The fourth-order valence-electron chi connectivity index (χ4n) is 2.40. The van der Waals surface area contributed by atoms with Crippen LogP contribution in [-0.2, 0) is 17.8 Å². The Kier molecular flexibility index (Phi) is 4.65. The minimum atomic E-state index is -0.297. The smallest absolute Gasteiger partial charge is 0.319 e. The van der Waals surface area contributed by atoms with Gasteiger partial charge in [0.1, 0.15) is 5.75 Å². The molecule has 2 aromatic rings. The monoisotopic (exact) mass is 325 g/mol. The highest BCUT2D eigenvalue weighted by Crippen LogP contribution is 2.30. The summed E-state index contributed by atoms with van der Waals surface area (Å²) in [6, 6.07) is 12.9. The maximum atomic E-state index is 12.0. The zero-order chi connectivity index (χ0) is 16.9. The van der Waals surface area contributed by atoms with E-state index in [0.29, 0.717) is 23.7 Å². The van der Waals surface area contributed by atoms with Gasteiger partial charge in [0.25, 0.3) is 5.91 Å². The van der Waals surface area contributed by atoms with Crippen molar-refractivity contribution in [2.24, 2.45) is 0 Å². The Labute approximate surface area is 140 Å². The number of amides is 3. The number of ether oxygens (including phenoxy) is 1. The van der Waals surface area contributed by atoms with Gasteiger partial charge in [-0.3, -0.25) is 4.79 Å². The van der Waals surface area contributed by atoms with Crippen LogP contribution in [0, 0.1) is 0 Å². The predicted molar refractivity (Wildman–Crippen MR) is 92.2 cm³/mol. The van der Waals surface area contributed by atoms with E-state index in [0.717, 1.165) is 12.0 Å². The molecule has 24 heavy (non-hydrogen) atoms. The van der Waals surface area contributed by atoms with Gasteiger partial charge in [0, 0.05) is 18.3 Å². The van der Waals surface area contributed by atoms with Gasteiger partial charge in [0.05, 0.1) is 5.69 Å². The van der Waals surface area contributed by atoms with E-state index in [1.165, 1.54) is 5.56 Å². The lowest BCUT2D eigenvalue weighted by Crippen LogP contribution is -2.28. The molecule has 124 valence electrons. The number of anilines is 2. The first-order chi connectivity index (χ1) is 11.6. The van der Waals surface area contributed by atoms with Crippen molar-refractivity contribution in [3.05, 3.63) is 53.6 Å². The molecule has 0 aromatic heterocycles. The molecule has 0 bridgehead atoms. The molecule has 0 saturated heterocycles. The quantitative estimate of drug-likeness (QED) is 0.808. The molecule has 1 heterocycles. The third-order valence-corrected chi connectivity index (χ3v) is 3.76. The van der Waals surface area contributed by atoms with Crippen molar-refractivity contribution in [2.45, 2.75) is 19.9 Å². The van der Waals surface area contributed by atoms with Crippen LogP contribution in [0.2, 0.25) is 0 Å². The number of nitrogens with one attached hydrogen (secondary N) is 3. The molecule has 3 amide bonds. The number of hydrogen-bond acceptors (Lipinski definition) is 3. The highest BCUT2D eigenvalue weighted by Gasteiger charge is 2.16. The second kappa shape index (κ2) is 7.04. The Hall–Kier alpha value is -3.02. The van der Waals surface area contributed by atoms with Crippen LogP contribution in [0.1, 0.15) is 18.1 Å². The van der Waals surface area contributed by atoms with Gasteiger partial charge in [0.2, 0.25) is 0 Å². The van der Waals surface area contributed by atoms with Crippen molar-refractivity contribution in [3.8, 4) is 5.75 Å². The topological polar surface area (TPSA) is 79.5 Å². The van der Waals surface area contributed by atoms with E-state index < -0.39 is 0 Å². The fourth-order valence-corrected chi connectivity index (χ4v) is 2.40. The van der Waals surface area contributed by atoms with Crippen LogP contribution in [0.5, 0.6) is 5.75 Å². The first kappa shape index (κ1) is 15.9. The zero-order valence-corrected chi connectivity index (χ0v) is 13.4. The van der Waals surface area contributed by atoms with Crippen molar-refractivity contribution < 1.29 is 14.3 Å². The number of aryl methyl sites for hydroxylation is 1. The maximum Gasteiger partial charge on any atom is 0.319 e. The molecule has 0 atom stereocenters. The highest BCUT2D eigenvalue weighted by atomic mass is 16.5. The number of carbonyl (C=O) groups excluding carboxylic acids is 2. The average molecular weight is 325 g/mol. The molecule has 3 rings (SSSR count). The third-order valence-electron chi connectivity index (χ3n) is 3.76. The second-order valence-electron chi connectivity index (χ2n) is 5.53. The summed E-state index contributed by atoms with van der Waals surface area (Å²) in [6.07, 6.45) is 0.995.